The van der Waals surface area contributed by atoms with Gasteiger partial charge in [0.05, 0.1) is 10.7 Å². The molecule has 3 rings (SSSR count). The second-order valence-corrected chi connectivity index (χ2v) is 7.18. The first-order valence-corrected chi connectivity index (χ1v) is 10.3. The standard InChI is InChI=1S/C19H28N6S/c1-3-18-23-16(15-26-18)8-10-22-19(20-4-2)25-13-11-24(12-14-25)17-7-5-6-9-21-17/h5-7,9,15H,3-4,8,10-14H2,1-2H3,(H,20,22). The number of nitrogens with zero attached hydrogens (tertiary/aromatic N) is 5. The van der Waals surface area contributed by atoms with Gasteiger partial charge in [0.2, 0.25) is 0 Å². The number of thiazole rings is 1. The van der Waals surface area contributed by atoms with Crippen LogP contribution in [0, 0.1) is 0 Å². The Morgan fingerprint density at radius 2 is 2.08 bits per heavy atom. The van der Waals surface area contributed by atoms with Gasteiger partial charge in [-0.3, -0.25) is 4.99 Å². The summed E-state index contributed by atoms with van der Waals surface area (Å²) in [5, 5.41) is 6.80. The Labute approximate surface area is 160 Å². The fourth-order valence-corrected chi connectivity index (χ4v) is 3.80. The third kappa shape index (κ3) is 4.94. The molecule has 0 aliphatic carbocycles. The van der Waals surface area contributed by atoms with Gasteiger partial charge in [-0.15, -0.1) is 11.3 Å². The van der Waals surface area contributed by atoms with Gasteiger partial charge in [-0.2, -0.15) is 0 Å². The van der Waals surface area contributed by atoms with E-state index >= 15 is 0 Å². The van der Waals surface area contributed by atoms with Gasteiger partial charge in [-0.25, -0.2) is 9.97 Å². The number of piperazine rings is 1. The Morgan fingerprint density at radius 1 is 1.23 bits per heavy atom. The van der Waals surface area contributed by atoms with Crippen LogP contribution in [0.5, 0.6) is 0 Å². The molecule has 0 aromatic carbocycles. The molecule has 0 unspecified atom stereocenters. The van der Waals surface area contributed by atoms with Gasteiger partial charge < -0.3 is 15.1 Å². The molecule has 0 amide bonds. The van der Waals surface area contributed by atoms with E-state index in [2.05, 4.69) is 50.4 Å². The number of rotatable bonds is 6. The Hall–Kier alpha value is -2.15. The van der Waals surface area contributed by atoms with Crippen molar-refractivity contribution in [2.24, 2.45) is 4.99 Å². The van der Waals surface area contributed by atoms with Crippen LogP contribution in [-0.2, 0) is 12.8 Å². The molecule has 0 saturated carbocycles. The van der Waals surface area contributed by atoms with E-state index in [1.165, 1.54) is 5.01 Å². The maximum Gasteiger partial charge on any atom is 0.194 e. The predicted octanol–water partition coefficient (Wildman–Crippen LogP) is 2.43. The lowest BCUT2D eigenvalue weighted by molar-refractivity contribution is 0.371. The molecule has 7 heteroatoms. The molecule has 1 fully saturated rings. The van der Waals surface area contributed by atoms with E-state index in [4.69, 9.17) is 4.99 Å². The maximum atomic E-state index is 4.83. The van der Waals surface area contributed by atoms with Crippen molar-refractivity contribution >= 4 is 23.1 Å². The first-order valence-electron chi connectivity index (χ1n) is 9.42. The molecule has 1 aliphatic heterocycles. The van der Waals surface area contributed by atoms with E-state index in [0.717, 1.165) is 69.6 Å². The average molecular weight is 373 g/mol. The number of aryl methyl sites for hydroxylation is 1. The molecule has 0 radical (unpaired) electrons. The molecule has 6 nitrogen and oxygen atoms in total. The summed E-state index contributed by atoms with van der Waals surface area (Å²) in [5.74, 6) is 2.07. The second kappa shape index (κ2) is 9.52. The van der Waals surface area contributed by atoms with Crippen LogP contribution in [0.1, 0.15) is 24.5 Å². The third-order valence-electron chi connectivity index (χ3n) is 4.42. The highest BCUT2D eigenvalue weighted by Gasteiger charge is 2.20. The summed E-state index contributed by atoms with van der Waals surface area (Å²) in [7, 11) is 0. The predicted molar refractivity (Wildman–Crippen MR) is 109 cm³/mol. The monoisotopic (exact) mass is 372 g/mol. The highest BCUT2D eigenvalue weighted by molar-refractivity contribution is 7.09. The van der Waals surface area contributed by atoms with Crippen molar-refractivity contribution < 1.29 is 0 Å². The molecule has 1 aliphatic rings. The van der Waals surface area contributed by atoms with E-state index in [1.807, 2.05) is 18.3 Å². The Balaban J connectivity index is 1.54. The maximum absolute atomic E-state index is 4.83. The van der Waals surface area contributed by atoms with E-state index in [1.54, 1.807) is 11.3 Å². The molecule has 1 saturated heterocycles. The number of aromatic nitrogens is 2. The quantitative estimate of drug-likeness (QED) is 0.623. The second-order valence-electron chi connectivity index (χ2n) is 6.23. The summed E-state index contributed by atoms with van der Waals surface area (Å²) < 4.78 is 0. The van der Waals surface area contributed by atoms with Gasteiger partial charge in [0, 0.05) is 57.3 Å². The highest BCUT2D eigenvalue weighted by atomic mass is 32.1. The smallest absolute Gasteiger partial charge is 0.194 e. The lowest BCUT2D eigenvalue weighted by Gasteiger charge is -2.37. The van der Waals surface area contributed by atoms with E-state index in [0.29, 0.717) is 0 Å². The van der Waals surface area contributed by atoms with Gasteiger partial charge in [0.25, 0.3) is 0 Å². The number of hydrogen-bond donors (Lipinski definition) is 1. The summed E-state index contributed by atoms with van der Waals surface area (Å²) in [6.45, 7) is 9.77. The molecule has 0 spiro atoms. The van der Waals surface area contributed by atoms with Gasteiger partial charge in [0.1, 0.15) is 5.82 Å². The van der Waals surface area contributed by atoms with Crippen molar-refractivity contribution in [2.45, 2.75) is 26.7 Å². The molecule has 2 aromatic rings. The first-order chi connectivity index (χ1) is 12.8. The summed E-state index contributed by atoms with van der Waals surface area (Å²) >= 11 is 1.75. The summed E-state index contributed by atoms with van der Waals surface area (Å²) in [5.41, 5.74) is 1.16. The highest BCUT2D eigenvalue weighted by Crippen LogP contribution is 2.13. The lowest BCUT2D eigenvalue weighted by atomic mass is 10.3. The van der Waals surface area contributed by atoms with Crippen LogP contribution in [0.3, 0.4) is 0 Å². The fraction of sp³-hybridized carbons (Fsp3) is 0.526. The zero-order valence-electron chi connectivity index (χ0n) is 15.7. The Kier molecular flexibility index (Phi) is 6.82. The number of pyridine rings is 1. The van der Waals surface area contributed by atoms with Gasteiger partial charge in [0.15, 0.2) is 5.96 Å². The normalized spacial score (nSPS) is 15.4. The Bertz CT molecular complexity index is 691. The van der Waals surface area contributed by atoms with Crippen molar-refractivity contribution in [3.05, 3.63) is 40.5 Å². The van der Waals surface area contributed by atoms with E-state index in [-0.39, 0.29) is 0 Å². The van der Waals surface area contributed by atoms with Crippen molar-refractivity contribution in [2.75, 3.05) is 44.2 Å². The molecular weight excluding hydrogens is 344 g/mol. The number of aliphatic imine (C=N–C) groups is 1. The first kappa shape index (κ1) is 18.6. The van der Waals surface area contributed by atoms with Crippen LogP contribution in [0.25, 0.3) is 0 Å². The van der Waals surface area contributed by atoms with E-state index < -0.39 is 0 Å². The van der Waals surface area contributed by atoms with Crippen molar-refractivity contribution in [1.29, 1.82) is 0 Å². The van der Waals surface area contributed by atoms with Crippen molar-refractivity contribution in [1.82, 2.24) is 20.2 Å². The molecule has 3 heterocycles. The topological polar surface area (TPSA) is 56.7 Å². The zero-order valence-corrected chi connectivity index (χ0v) is 16.5. The third-order valence-corrected chi connectivity index (χ3v) is 5.46. The zero-order chi connectivity index (χ0) is 18.2. The number of nitrogens with one attached hydrogen (secondary N) is 1. The molecule has 2 aromatic heterocycles. The van der Waals surface area contributed by atoms with Crippen LogP contribution in [-0.4, -0.2) is 60.1 Å². The lowest BCUT2D eigenvalue weighted by Crippen LogP contribution is -2.52. The van der Waals surface area contributed by atoms with E-state index in [9.17, 15) is 0 Å². The van der Waals surface area contributed by atoms with Crippen LogP contribution in [0.4, 0.5) is 5.82 Å². The molecule has 0 atom stereocenters. The number of anilines is 1. The molecule has 0 bridgehead atoms. The minimum Gasteiger partial charge on any atom is -0.357 e. The Morgan fingerprint density at radius 3 is 2.73 bits per heavy atom. The molecule has 26 heavy (non-hydrogen) atoms. The van der Waals surface area contributed by atoms with Crippen molar-refractivity contribution in [3.63, 3.8) is 0 Å². The molecule has 1 N–H and O–H groups in total. The van der Waals surface area contributed by atoms with Gasteiger partial charge in [-0.05, 0) is 25.5 Å². The van der Waals surface area contributed by atoms with Gasteiger partial charge >= 0.3 is 0 Å². The van der Waals surface area contributed by atoms with Crippen LogP contribution < -0.4 is 10.2 Å². The average Bonchev–Trinajstić information content (AvgIpc) is 3.16. The molecular formula is C19H28N6S. The minimum atomic E-state index is 0.773. The fourth-order valence-electron chi connectivity index (χ4n) is 3.02. The van der Waals surface area contributed by atoms with Gasteiger partial charge in [-0.1, -0.05) is 13.0 Å². The summed E-state index contributed by atoms with van der Waals surface area (Å²) in [4.78, 5) is 18.6. The summed E-state index contributed by atoms with van der Waals surface area (Å²) in [6, 6.07) is 6.08. The van der Waals surface area contributed by atoms with Crippen LogP contribution in [0.15, 0.2) is 34.8 Å². The number of hydrogen-bond acceptors (Lipinski definition) is 5. The largest absolute Gasteiger partial charge is 0.357 e. The minimum absolute atomic E-state index is 0.773. The van der Waals surface area contributed by atoms with Crippen LogP contribution >= 0.6 is 11.3 Å². The number of guanidine groups is 1. The SMILES string of the molecule is CCNC(=NCCc1csc(CC)n1)N1CCN(c2ccccn2)CC1. The van der Waals surface area contributed by atoms with Crippen LogP contribution in [0.2, 0.25) is 0 Å². The summed E-state index contributed by atoms with van der Waals surface area (Å²) in [6.07, 6.45) is 3.77. The molecule has 140 valence electrons. The van der Waals surface area contributed by atoms with Crippen molar-refractivity contribution in [3.8, 4) is 0 Å².